The van der Waals surface area contributed by atoms with Gasteiger partial charge in [0.1, 0.15) is 18.1 Å². The van der Waals surface area contributed by atoms with Gasteiger partial charge in [0.15, 0.2) is 4.34 Å². The third kappa shape index (κ3) is 6.69. The van der Waals surface area contributed by atoms with Crippen LogP contribution >= 0.6 is 46.3 Å². The summed E-state index contributed by atoms with van der Waals surface area (Å²) in [7, 11) is 0. The molecule has 11 heteroatoms. The molecule has 1 atom stereocenters. The third-order valence-corrected chi connectivity index (χ3v) is 10.4. The molecular weight excluding hydrogens is 661 g/mol. The minimum absolute atomic E-state index is 0.0963. The summed E-state index contributed by atoms with van der Waals surface area (Å²) in [5.74, 6) is -0.763. The van der Waals surface area contributed by atoms with Crippen LogP contribution in [0.5, 0.6) is 5.75 Å². The molecule has 232 valence electrons. The van der Waals surface area contributed by atoms with Crippen LogP contribution in [0, 0.1) is 13.8 Å². The van der Waals surface area contributed by atoms with Crippen LogP contribution in [0.25, 0.3) is 5.76 Å². The van der Waals surface area contributed by atoms with Crippen LogP contribution in [-0.4, -0.2) is 27.0 Å². The Morgan fingerprint density at radius 1 is 0.935 bits per heavy atom. The van der Waals surface area contributed by atoms with Crippen LogP contribution in [0.15, 0.2) is 101 Å². The van der Waals surface area contributed by atoms with E-state index in [0.717, 1.165) is 16.7 Å². The summed E-state index contributed by atoms with van der Waals surface area (Å²) in [6.07, 6.45) is 0. The number of carbonyl (C=O) groups excluding carboxylic acids is 2. The molecule has 1 aliphatic rings. The first kappa shape index (κ1) is 31.8. The topological polar surface area (TPSA) is 92.6 Å². The van der Waals surface area contributed by atoms with Gasteiger partial charge in [0.2, 0.25) is 5.13 Å². The molecule has 1 amide bonds. The van der Waals surface area contributed by atoms with Gasteiger partial charge >= 0.3 is 5.91 Å². The maximum atomic E-state index is 13.6. The van der Waals surface area contributed by atoms with E-state index in [1.54, 1.807) is 42.5 Å². The van der Waals surface area contributed by atoms with Crippen LogP contribution in [0.4, 0.5) is 5.13 Å². The van der Waals surface area contributed by atoms with Crippen molar-refractivity contribution in [1.82, 2.24) is 10.2 Å². The Balaban J connectivity index is 1.31. The second-order valence-corrected chi connectivity index (χ2v) is 13.7. The number of aryl methyl sites for hydroxylation is 2. The number of carbonyl (C=O) groups is 2. The van der Waals surface area contributed by atoms with Crippen molar-refractivity contribution >= 4 is 68.9 Å². The van der Waals surface area contributed by atoms with Crippen LogP contribution in [0.3, 0.4) is 0 Å². The minimum Gasteiger partial charge on any atom is -0.507 e. The summed E-state index contributed by atoms with van der Waals surface area (Å²) < 4.78 is 6.58. The zero-order valence-corrected chi connectivity index (χ0v) is 27.9. The van der Waals surface area contributed by atoms with Crippen molar-refractivity contribution < 1.29 is 19.4 Å². The van der Waals surface area contributed by atoms with Crippen molar-refractivity contribution in [2.45, 2.75) is 36.6 Å². The number of aromatic nitrogens is 2. The summed E-state index contributed by atoms with van der Waals surface area (Å²) >= 11 is 15.3. The molecule has 0 aliphatic carbocycles. The first-order valence-corrected chi connectivity index (χ1v) is 16.8. The van der Waals surface area contributed by atoms with Gasteiger partial charge in [-0.05, 0) is 72.5 Å². The van der Waals surface area contributed by atoms with Crippen molar-refractivity contribution in [2.24, 2.45) is 0 Å². The fourth-order valence-electron chi connectivity index (χ4n) is 5.01. The highest BCUT2D eigenvalue weighted by molar-refractivity contribution is 8.00. The Morgan fingerprint density at radius 2 is 1.67 bits per heavy atom. The fraction of sp³-hybridized carbons (Fsp3) is 0.143. The van der Waals surface area contributed by atoms with Gasteiger partial charge in [-0.1, -0.05) is 106 Å². The Morgan fingerprint density at radius 3 is 2.39 bits per heavy atom. The number of Topliss-reactive ketones (excluding diaryl/α,β-unsaturated/α-hetero) is 1. The number of rotatable bonds is 9. The maximum absolute atomic E-state index is 13.6. The van der Waals surface area contributed by atoms with Crippen molar-refractivity contribution in [3.05, 3.63) is 140 Å². The second kappa shape index (κ2) is 13.7. The third-order valence-electron chi connectivity index (χ3n) is 7.57. The summed E-state index contributed by atoms with van der Waals surface area (Å²) in [6.45, 7) is 4.43. The normalized spacial score (nSPS) is 15.8. The van der Waals surface area contributed by atoms with Crippen LogP contribution in [0.2, 0.25) is 10.0 Å². The van der Waals surface area contributed by atoms with Gasteiger partial charge in [-0.15, -0.1) is 10.2 Å². The van der Waals surface area contributed by atoms with Gasteiger partial charge < -0.3 is 9.84 Å². The number of ketones is 1. The zero-order valence-electron chi connectivity index (χ0n) is 24.7. The van der Waals surface area contributed by atoms with Crippen LogP contribution in [-0.2, 0) is 21.9 Å². The minimum atomic E-state index is -1.02. The lowest BCUT2D eigenvalue weighted by Crippen LogP contribution is -2.29. The van der Waals surface area contributed by atoms with Gasteiger partial charge in [0.05, 0.1) is 21.7 Å². The number of thioether (sulfide) groups is 1. The Labute approximate surface area is 284 Å². The summed E-state index contributed by atoms with van der Waals surface area (Å²) in [5, 5.41) is 20.9. The first-order chi connectivity index (χ1) is 22.2. The lowest BCUT2D eigenvalue weighted by Gasteiger charge is -2.23. The highest BCUT2D eigenvalue weighted by Crippen LogP contribution is 2.45. The molecule has 1 saturated heterocycles. The molecular formula is C35H27Cl2N3O4S2. The number of benzene rings is 4. The molecule has 1 unspecified atom stereocenters. The Bertz CT molecular complexity index is 1960. The van der Waals surface area contributed by atoms with Crippen molar-refractivity contribution in [1.29, 1.82) is 0 Å². The molecule has 2 heterocycles. The lowest BCUT2D eigenvalue weighted by atomic mass is 9.95. The number of anilines is 1. The number of hydrogen-bond donors (Lipinski definition) is 1. The second-order valence-electron chi connectivity index (χ2n) is 10.7. The molecule has 0 saturated carbocycles. The quantitative estimate of drug-likeness (QED) is 0.0544. The number of halogens is 2. The largest absolute Gasteiger partial charge is 0.507 e. The van der Waals surface area contributed by atoms with E-state index in [9.17, 15) is 14.7 Å². The number of ether oxygens (including phenoxy) is 1. The number of amides is 1. The van der Waals surface area contributed by atoms with Crippen molar-refractivity contribution in [2.75, 3.05) is 4.90 Å². The number of aliphatic hydroxyl groups excluding tert-OH is 1. The Kier molecular flexibility index (Phi) is 9.47. The molecule has 1 fully saturated rings. The monoisotopic (exact) mass is 687 g/mol. The van der Waals surface area contributed by atoms with Gasteiger partial charge in [-0.25, -0.2) is 0 Å². The van der Waals surface area contributed by atoms with E-state index < -0.39 is 17.7 Å². The van der Waals surface area contributed by atoms with E-state index in [-0.39, 0.29) is 21.5 Å². The van der Waals surface area contributed by atoms with Gasteiger partial charge in [0, 0.05) is 11.3 Å². The van der Waals surface area contributed by atoms with Crippen LogP contribution < -0.4 is 9.64 Å². The van der Waals surface area contributed by atoms with Gasteiger partial charge in [0.25, 0.3) is 5.78 Å². The smallest absolute Gasteiger partial charge is 0.301 e. The molecule has 0 spiro atoms. The highest BCUT2D eigenvalue weighted by atomic mass is 35.5. The van der Waals surface area contributed by atoms with E-state index >= 15 is 0 Å². The maximum Gasteiger partial charge on any atom is 0.301 e. The molecule has 4 aromatic carbocycles. The van der Waals surface area contributed by atoms with E-state index in [2.05, 4.69) is 22.3 Å². The van der Waals surface area contributed by atoms with Crippen molar-refractivity contribution in [3.63, 3.8) is 0 Å². The average Bonchev–Trinajstić information content (AvgIpc) is 3.63. The van der Waals surface area contributed by atoms with Crippen molar-refractivity contribution in [3.8, 4) is 5.75 Å². The lowest BCUT2D eigenvalue weighted by molar-refractivity contribution is -0.132. The molecule has 1 aromatic heterocycles. The van der Waals surface area contributed by atoms with Gasteiger partial charge in [-0.2, -0.15) is 0 Å². The predicted molar refractivity (Wildman–Crippen MR) is 184 cm³/mol. The number of nitrogens with zero attached hydrogens (tertiary/aromatic N) is 3. The molecule has 1 aliphatic heterocycles. The van der Waals surface area contributed by atoms with E-state index in [4.69, 9.17) is 27.9 Å². The molecule has 7 nitrogen and oxygen atoms in total. The predicted octanol–water partition coefficient (Wildman–Crippen LogP) is 8.96. The highest BCUT2D eigenvalue weighted by Gasteiger charge is 2.48. The fourth-order valence-corrected chi connectivity index (χ4v) is 7.14. The molecule has 5 aromatic rings. The number of aliphatic hydroxyl groups is 1. The molecule has 46 heavy (non-hydrogen) atoms. The standard InChI is InChI=1S/C35H27Cl2N3O4S2/c1-20-7-9-22(10-8-20)19-45-35-39-38-34(46-35)40-30(24-13-16-27(36)28(37)17-24)29(32(42)33(40)43)31(41)23-11-14-26(15-12-23)44-18-25-6-4-3-5-21(25)2/h3-17,30,41H,18-19H2,1-2H3. The van der Waals surface area contributed by atoms with E-state index in [0.29, 0.717) is 38.6 Å². The number of hydrogen-bond acceptors (Lipinski definition) is 8. The first-order valence-electron chi connectivity index (χ1n) is 14.2. The van der Waals surface area contributed by atoms with Crippen LogP contribution in [0.1, 0.15) is 39.4 Å². The van der Waals surface area contributed by atoms with Gasteiger partial charge in [-0.3, -0.25) is 14.5 Å². The van der Waals surface area contributed by atoms with E-state index in [1.165, 1.54) is 33.6 Å². The summed E-state index contributed by atoms with van der Waals surface area (Å²) in [6, 6.07) is 26.7. The molecule has 0 radical (unpaired) electrons. The zero-order chi connectivity index (χ0) is 32.4. The SMILES string of the molecule is Cc1ccc(CSc2nnc(N3C(=O)C(=O)C(=C(O)c4ccc(OCc5ccccc5C)cc4)C3c3ccc(Cl)c(Cl)c3)s2)cc1. The Hall–Kier alpha value is -4.15. The van der Waals surface area contributed by atoms with E-state index in [1.807, 2.05) is 50.2 Å². The average molecular weight is 689 g/mol. The molecule has 6 rings (SSSR count). The summed E-state index contributed by atoms with van der Waals surface area (Å²) in [5.41, 5.74) is 5.21. The molecule has 1 N–H and O–H groups in total. The summed E-state index contributed by atoms with van der Waals surface area (Å²) in [4.78, 5) is 28.5. The molecule has 0 bridgehead atoms.